The van der Waals surface area contributed by atoms with Crippen LogP contribution in [0.15, 0.2) is 36.9 Å². The van der Waals surface area contributed by atoms with Gasteiger partial charge in [-0.05, 0) is 19.1 Å². The van der Waals surface area contributed by atoms with Gasteiger partial charge in [-0.1, -0.05) is 24.8 Å². The van der Waals surface area contributed by atoms with E-state index in [1.165, 1.54) is 0 Å². The van der Waals surface area contributed by atoms with Crippen molar-refractivity contribution in [3.8, 4) is 5.75 Å². The molecule has 0 heterocycles. The van der Waals surface area contributed by atoms with Gasteiger partial charge < -0.3 is 4.74 Å². The van der Waals surface area contributed by atoms with Gasteiger partial charge in [-0.2, -0.15) is 0 Å². The molecule has 1 aromatic carbocycles. The van der Waals surface area contributed by atoms with Crippen LogP contribution in [0.25, 0.3) is 0 Å². The Bertz CT molecular complexity index is 305. The SMILES string of the molecule is C=C[C@@H](C)Oc1ccccc1C=O. The lowest BCUT2D eigenvalue weighted by Gasteiger charge is -2.11. The topological polar surface area (TPSA) is 26.3 Å². The number of carbonyl (C=O) groups is 1. The zero-order chi connectivity index (χ0) is 9.68. The molecule has 0 aliphatic carbocycles. The standard InChI is InChI=1S/C11H12O2/c1-3-9(2)13-11-7-5-4-6-10(11)8-12/h3-9H,1H2,2H3/t9-/m1/s1. The molecule has 13 heavy (non-hydrogen) atoms. The van der Waals surface area contributed by atoms with Gasteiger partial charge >= 0.3 is 0 Å². The Morgan fingerprint density at radius 2 is 2.15 bits per heavy atom. The van der Waals surface area contributed by atoms with E-state index in [0.717, 1.165) is 6.29 Å². The molecule has 0 fully saturated rings. The quantitative estimate of drug-likeness (QED) is 0.520. The van der Waals surface area contributed by atoms with Crippen LogP contribution in [0.1, 0.15) is 17.3 Å². The zero-order valence-corrected chi connectivity index (χ0v) is 7.57. The van der Waals surface area contributed by atoms with Gasteiger partial charge in [-0.3, -0.25) is 4.79 Å². The maximum atomic E-state index is 10.6. The number of rotatable bonds is 4. The molecule has 1 atom stereocenters. The van der Waals surface area contributed by atoms with Crippen molar-refractivity contribution in [2.45, 2.75) is 13.0 Å². The highest BCUT2D eigenvalue weighted by atomic mass is 16.5. The van der Waals surface area contributed by atoms with Gasteiger partial charge in [0.25, 0.3) is 0 Å². The number of benzene rings is 1. The Hall–Kier alpha value is -1.57. The first-order valence-corrected chi connectivity index (χ1v) is 4.11. The largest absolute Gasteiger partial charge is 0.486 e. The Labute approximate surface area is 77.8 Å². The summed E-state index contributed by atoms with van der Waals surface area (Å²) in [6.45, 7) is 5.47. The highest BCUT2D eigenvalue weighted by molar-refractivity contribution is 5.79. The molecular weight excluding hydrogens is 164 g/mol. The second kappa shape index (κ2) is 4.45. The predicted octanol–water partition coefficient (Wildman–Crippen LogP) is 2.45. The van der Waals surface area contributed by atoms with Crippen LogP contribution in [0.5, 0.6) is 5.75 Å². The average molecular weight is 176 g/mol. The highest BCUT2D eigenvalue weighted by Gasteiger charge is 2.03. The van der Waals surface area contributed by atoms with E-state index in [-0.39, 0.29) is 6.10 Å². The molecule has 0 saturated carbocycles. The third-order valence-corrected chi connectivity index (χ3v) is 1.69. The van der Waals surface area contributed by atoms with Gasteiger partial charge in [0, 0.05) is 0 Å². The lowest BCUT2D eigenvalue weighted by atomic mass is 10.2. The van der Waals surface area contributed by atoms with E-state index in [1.807, 2.05) is 13.0 Å². The van der Waals surface area contributed by atoms with Crippen LogP contribution in [-0.4, -0.2) is 12.4 Å². The van der Waals surface area contributed by atoms with Crippen molar-refractivity contribution < 1.29 is 9.53 Å². The summed E-state index contributed by atoms with van der Waals surface area (Å²) >= 11 is 0. The molecule has 0 aliphatic heterocycles. The van der Waals surface area contributed by atoms with Gasteiger partial charge in [-0.15, -0.1) is 0 Å². The summed E-state index contributed by atoms with van der Waals surface area (Å²) in [7, 11) is 0. The molecule has 68 valence electrons. The summed E-state index contributed by atoms with van der Waals surface area (Å²) in [5.41, 5.74) is 0.566. The van der Waals surface area contributed by atoms with Crippen LogP contribution >= 0.6 is 0 Å². The molecule has 0 amide bonds. The first-order valence-electron chi connectivity index (χ1n) is 4.11. The normalized spacial score (nSPS) is 11.8. The first kappa shape index (κ1) is 9.52. The lowest BCUT2D eigenvalue weighted by molar-refractivity contribution is 0.111. The number of para-hydroxylation sites is 1. The maximum absolute atomic E-state index is 10.6. The van der Waals surface area contributed by atoms with E-state index in [2.05, 4.69) is 6.58 Å². The van der Waals surface area contributed by atoms with Crippen molar-refractivity contribution in [1.29, 1.82) is 0 Å². The minimum atomic E-state index is -0.0823. The summed E-state index contributed by atoms with van der Waals surface area (Å²) in [5, 5.41) is 0. The average Bonchev–Trinajstić information content (AvgIpc) is 2.18. The molecule has 1 rings (SSSR count). The lowest BCUT2D eigenvalue weighted by Crippen LogP contribution is -2.08. The summed E-state index contributed by atoms with van der Waals surface area (Å²) in [6.07, 6.45) is 2.38. The second-order valence-electron chi connectivity index (χ2n) is 2.71. The van der Waals surface area contributed by atoms with Crippen molar-refractivity contribution in [3.05, 3.63) is 42.5 Å². The number of ether oxygens (including phenoxy) is 1. The zero-order valence-electron chi connectivity index (χ0n) is 7.57. The van der Waals surface area contributed by atoms with Gasteiger partial charge in [0.1, 0.15) is 11.9 Å². The van der Waals surface area contributed by atoms with Crippen LogP contribution in [0, 0.1) is 0 Å². The van der Waals surface area contributed by atoms with Crippen LogP contribution < -0.4 is 4.74 Å². The molecule has 2 nitrogen and oxygen atoms in total. The molecule has 0 aromatic heterocycles. The van der Waals surface area contributed by atoms with E-state index >= 15 is 0 Å². The number of hydrogen-bond acceptors (Lipinski definition) is 2. The molecule has 0 N–H and O–H groups in total. The molecule has 0 spiro atoms. The summed E-state index contributed by atoms with van der Waals surface area (Å²) in [5.74, 6) is 0.602. The monoisotopic (exact) mass is 176 g/mol. The first-order chi connectivity index (χ1) is 6.27. The fourth-order valence-electron chi connectivity index (χ4n) is 0.934. The molecule has 0 bridgehead atoms. The summed E-state index contributed by atoms with van der Waals surface area (Å²) in [6, 6.07) is 7.12. The molecule has 1 aromatic rings. The Balaban J connectivity index is 2.86. The predicted molar refractivity (Wildman–Crippen MR) is 52.1 cm³/mol. The van der Waals surface area contributed by atoms with E-state index in [0.29, 0.717) is 11.3 Å². The van der Waals surface area contributed by atoms with Crippen molar-refractivity contribution in [2.75, 3.05) is 0 Å². The van der Waals surface area contributed by atoms with Crippen molar-refractivity contribution in [1.82, 2.24) is 0 Å². The second-order valence-corrected chi connectivity index (χ2v) is 2.71. The van der Waals surface area contributed by atoms with E-state index < -0.39 is 0 Å². The van der Waals surface area contributed by atoms with Crippen molar-refractivity contribution in [3.63, 3.8) is 0 Å². The minimum absolute atomic E-state index is 0.0823. The van der Waals surface area contributed by atoms with Gasteiger partial charge in [0.05, 0.1) is 5.56 Å². The van der Waals surface area contributed by atoms with E-state index in [1.54, 1.807) is 24.3 Å². The fraction of sp³-hybridized carbons (Fsp3) is 0.182. The van der Waals surface area contributed by atoms with Crippen molar-refractivity contribution in [2.24, 2.45) is 0 Å². The van der Waals surface area contributed by atoms with E-state index in [9.17, 15) is 4.79 Å². The fourth-order valence-corrected chi connectivity index (χ4v) is 0.934. The van der Waals surface area contributed by atoms with Gasteiger partial charge in [0.15, 0.2) is 6.29 Å². The van der Waals surface area contributed by atoms with Crippen molar-refractivity contribution >= 4 is 6.29 Å². The van der Waals surface area contributed by atoms with E-state index in [4.69, 9.17) is 4.74 Å². The molecule has 0 radical (unpaired) electrons. The Kier molecular flexibility index (Phi) is 3.26. The van der Waals surface area contributed by atoms with Crippen LogP contribution in [0.4, 0.5) is 0 Å². The minimum Gasteiger partial charge on any atom is -0.486 e. The molecule has 0 saturated heterocycles. The maximum Gasteiger partial charge on any atom is 0.153 e. The smallest absolute Gasteiger partial charge is 0.153 e. The van der Waals surface area contributed by atoms with Crippen LogP contribution in [0.3, 0.4) is 0 Å². The molecular formula is C11H12O2. The Morgan fingerprint density at radius 1 is 1.46 bits per heavy atom. The molecule has 0 aliphatic rings. The number of hydrogen-bond donors (Lipinski definition) is 0. The van der Waals surface area contributed by atoms with Gasteiger partial charge in [0.2, 0.25) is 0 Å². The third kappa shape index (κ3) is 2.44. The molecule has 2 heteroatoms. The Morgan fingerprint density at radius 3 is 2.77 bits per heavy atom. The number of aldehydes is 1. The summed E-state index contributed by atoms with van der Waals surface area (Å²) < 4.78 is 5.44. The highest BCUT2D eigenvalue weighted by Crippen LogP contribution is 2.17. The number of carbonyl (C=O) groups excluding carboxylic acids is 1. The molecule has 0 unspecified atom stereocenters. The summed E-state index contributed by atoms with van der Waals surface area (Å²) in [4.78, 5) is 10.6. The van der Waals surface area contributed by atoms with Crippen LogP contribution in [0.2, 0.25) is 0 Å². The third-order valence-electron chi connectivity index (χ3n) is 1.69. The van der Waals surface area contributed by atoms with Crippen LogP contribution in [-0.2, 0) is 0 Å². The van der Waals surface area contributed by atoms with Gasteiger partial charge in [-0.25, -0.2) is 0 Å².